The van der Waals surface area contributed by atoms with E-state index in [-0.39, 0.29) is 0 Å². The summed E-state index contributed by atoms with van der Waals surface area (Å²) in [5.74, 6) is 1.37. The van der Waals surface area contributed by atoms with Crippen molar-refractivity contribution in [1.29, 1.82) is 0 Å². The second-order valence-corrected chi connectivity index (χ2v) is 6.05. The number of piperidine rings is 1. The first kappa shape index (κ1) is 15.7. The van der Waals surface area contributed by atoms with Crippen LogP contribution in [0.4, 0.5) is 0 Å². The number of hydrogen-bond acceptors (Lipinski definition) is 4. The van der Waals surface area contributed by atoms with Gasteiger partial charge in [0.25, 0.3) is 0 Å². The van der Waals surface area contributed by atoms with Gasteiger partial charge in [0.15, 0.2) is 0 Å². The molecule has 4 heteroatoms. The van der Waals surface area contributed by atoms with Crippen LogP contribution in [0.1, 0.15) is 40.2 Å². The van der Waals surface area contributed by atoms with Crippen LogP contribution in [0.2, 0.25) is 0 Å². The Balaban J connectivity index is 1.74. The Kier molecular flexibility index (Phi) is 5.03. The average molecular weight is 310 g/mol. The minimum Gasteiger partial charge on any atom is -0.496 e. The second kappa shape index (κ2) is 7.38. The first-order valence-electron chi connectivity index (χ1n) is 8.04. The van der Waals surface area contributed by atoms with Crippen LogP contribution in [0.15, 0.2) is 42.7 Å². The lowest BCUT2D eigenvalue weighted by Crippen LogP contribution is -2.34. The molecule has 0 bridgehead atoms. The SMILES string of the molecule is COc1ccc(C=O)cc1CN1CCC[C@@H](c2cccnc2)C1. The summed E-state index contributed by atoms with van der Waals surface area (Å²) in [6.45, 7) is 2.90. The van der Waals surface area contributed by atoms with Gasteiger partial charge in [-0.3, -0.25) is 14.7 Å². The number of pyridine rings is 1. The van der Waals surface area contributed by atoms with E-state index in [1.54, 1.807) is 13.2 Å². The summed E-state index contributed by atoms with van der Waals surface area (Å²) in [5.41, 5.74) is 3.08. The van der Waals surface area contributed by atoms with E-state index in [1.165, 1.54) is 18.4 Å². The minimum atomic E-state index is 0.526. The van der Waals surface area contributed by atoms with Crippen LogP contribution < -0.4 is 4.74 Å². The summed E-state index contributed by atoms with van der Waals surface area (Å²) >= 11 is 0. The van der Waals surface area contributed by atoms with Crippen molar-refractivity contribution in [3.63, 3.8) is 0 Å². The number of methoxy groups -OCH3 is 1. The minimum absolute atomic E-state index is 0.526. The molecule has 23 heavy (non-hydrogen) atoms. The average Bonchev–Trinajstić information content (AvgIpc) is 2.62. The lowest BCUT2D eigenvalue weighted by atomic mass is 9.91. The van der Waals surface area contributed by atoms with Crippen molar-refractivity contribution in [1.82, 2.24) is 9.88 Å². The van der Waals surface area contributed by atoms with Crippen molar-refractivity contribution in [3.8, 4) is 5.75 Å². The summed E-state index contributed by atoms with van der Waals surface area (Å²) < 4.78 is 5.45. The molecule has 1 aromatic carbocycles. The molecule has 0 spiro atoms. The number of likely N-dealkylation sites (tertiary alicyclic amines) is 1. The van der Waals surface area contributed by atoms with Crippen LogP contribution in [0, 0.1) is 0 Å². The first-order valence-corrected chi connectivity index (χ1v) is 8.04. The zero-order valence-electron chi connectivity index (χ0n) is 13.4. The zero-order chi connectivity index (χ0) is 16.1. The van der Waals surface area contributed by atoms with E-state index in [0.717, 1.165) is 37.2 Å². The van der Waals surface area contributed by atoms with Crippen molar-refractivity contribution in [3.05, 3.63) is 59.4 Å². The maximum absolute atomic E-state index is 11.0. The predicted molar refractivity (Wildman–Crippen MR) is 89.9 cm³/mol. The lowest BCUT2D eigenvalue weighted by molar-refractivity contribution is 0.112. The third kappa shape index (κ3) is 3.77. The van der Waals surface area contributed by atoms with Gasteiger partial charge in [-0.2, -0.15) is 0 Å². The topological polar surface area (TPSA) is 42.4 Å². The fourth-order valence-electron chi connectivity index (χ4n) is 3.32. The molecule has 1 fully saturated rings. The molecule has 1 aliphatic rings. The molecular weight excluding hydrogens is 288 g/mol. The Morgan fingerprint density at radius 3 is 3.04 bits per heavy atom. The van der Waals surface area contributed by atoms with Gasteiger partial charge < -0.3 is 4.74 Å². The Morgan fingerprint density at radius 2 is 2.30 bits per heavy atom. The van der Waals surface area contributed by atoms with Gasteiger partial charge >= 0.3 is 0 Å². The van der Waals surface area contributed by atoms with Gasteiger partial charge in [0.1, 0.15) is 12.0 Å². The molecule has 4 nitrogen and oxygen atoms in total. The van der Waals surface area contributed by atoms with E-state index in [9.17, 15) is 4.79 Å². The smallest absolute Gasteiger partial charge is 0.150 e. The molecule has 0 aliphatic carbocycles. The summed E-state index contributed by atoms with van der Waals surface area (Å²) in [7, 11) is 1.67. The maximum atomic E-state index is 11.0. The quantitative estimate of drug-likeness (QED) is 0.795. The summed E-state index contributed by atoms with van der Waals surface area (Å²) in [5, 5.41) is 0. The lowest BCUT2D eigenvalue weighted by Gasteiger charge is -2.33. The molecule has 0 amide bonds. The first-order chi connectivity index (χ1) is 11.3. The highest BCUT2D eigenvalue weighted by molar-refractivity contribution is 5.75. The Labute approximate surface area is 137 Å². The van der Waals surface area contributed by atoms with Gasteiger partial charge in [-0.05, 0) is 55.1 Å². The van der Waals surface area contributed by atoms with Gasteiger partial charge in [-0.25, -0.2) is 0 Å². The number of benzene rings is 1. The van der Waals surface area contributed by atoms with Crippen molar-refractivity contribution < 1.29 is 9.53 Å². The molecule has 0 unspecified atom stereocenters. The highest BCUT2D eigenvalue weighted by atomic mass is 16.5. The maximum Gasteiger partial charge on any atom is 0.150 e. The van der Waals surface area contributed by atoms with Crippen molar-refractivity contribution in [2.45, 2.75) is 25.3 Å². The molecule has 3 rings (SSSR count). The van der Waals surface area contributed by atoms with E-state index in [1.807, 2.05) is 30.6 Å². The molecule has 2 aromatic rings. The predicted octanol–water partition coefficient (Wildman–Crippen LogP) is 3.28. The molecule has 2 heterocycles. The Hall–Kier alpha value is -2.20. The van der Waals surface area contributed by atoms with Crippen LogP contribution >= 0.6 is 0 Å². The van der Waals surface area contributed by atoms with Gasteiger partial charge in [-0.15, -0.1) is 0 Å². The third-order valence-electron chi connectivity index (χ3n) is 4.50. The number of aromatic nitrogens is 1. The molecular formula is C19H22N2O2. The largest absolute Gasteiger partial charge is 0.496 e. The number of rotatable bonds is 5. The number of hydrogen-bond donors (Lipinski definition) is 0. The van der Waals surface area contributed by atoms with E-state index in [4.69, 9.17) is 4.74 Å². The van der Waals surface area contributed by atoms with Gasteiger partial charge in [0.2, 0.25) is 0 Å². The van der Waals surface area contributed by atoms with Crippen LogP contribution in [-0.4, -0.2) is 36.4 Å². The molecule has 1 atom stereocenters. The number of aldehydes is 1. The summed E-state index contributed by atoms with van der Waals surface area (Å²) in [6.07, 6.45) is 7.06. The fraction of sp³-hybridized carbons (Fsp3) is 0.368. The standard InChI is InChI=1S/C19H22N2O2/c1-23-19-7-6-15(14-22)10-18(19)13-21-9-3-5-17(12-21)16-4-2-8-20-11-16/h2,4,6-8,10-11,14,17H,3,5,9,12-13H2,1H3/t17-/m1/s1. The number of nitrogens with zero attached hydrogens (tertiary/aromatic N) is 2. The third-order valence-corrected chi connectivity index (χ3v) is 4.50. The molecule has 0 N–H and O–H groups in total. The molecule has 0 radical (unpaired) electrons. The monoisotopic (exact) mass is 310 g/mol. The summed E-state index contributed by atoms with van der Waals surface area (Å²) in [6, 6.07) is 9.77. The van der Waals surface area contributed by atoms with Gasteiger partial charge in [0.05, 0.1) is 7.11 Å². The van der Waals surface area contributed by atoms with E-state index in [0.29, 0.717) is 11.5 Å². The zero-order valence-corrected chi connectivity index (χ0v) is 13.4. The van der Waals surface area contributed by atoms with Gasteiger partial charge in [-0.1, -0.05) is 6.07 Å². The van der Waals surface area contributed by atoms with Crippen LogP contribution in [0.3, 0.4) is 0 Å². The number of carbonyl (C=O) groups excluding carboxylic acids is 1. The van der Waals surface area contributed by atoms with E-state index >= 15 is 0 Å². The molecule has 1 aliphatic heterocycles. The van der Waals surface area contributed by atoms with Crippen LogP contribution in [0.5, 0.6) is 5.75 Å². The van der Waals surface area contributed by atoms with Crippen LogP contribution in [0.25, 0.3) is 0 Å². The van der Waals surface area contributed by atoms with Crippen molar-refractivity contribution >= 4 is 6.29 Å². The van der Waals surface area contributed by atoms with E-state index < -0.39 is 0 Å². The number of carbonyl (C=O) groups is 1. The molecule has 1 saturated heterocycles. The highest BCUT2D eigenvalue weighted by Crippen LogP contribution is 2.29. The molecule has 0 saturated carbocycles. The second-order valence-electron chi connectivity index (χ2n) is 6.05. The molecule has 1 aromatic heterocycles. The fourth-order valence-corrected chi connectivity index (χ4v) is 3.32. The Bertz CT molecular complexity index is 658. The highest BCUT2D eigenvalue weighted by Gasteiger charge is 2.22. The van der Waals surface area contributed by atoms with Gasteiger partial charge in [0, 0.05) is 36.6 Å². The van der Waals surface area contributed by atoms with E-state index in [2.05, 4.69) is 16.0 Å². The number of ether oxygens (including phenoxy) is 1. The van der Waals surface area contributed by atoms with Crippen molar-refractivity contribution in [2.24, 2.45) is 0 Å². The van der Waals surface area contributed by atoms with Crippen molar-refractivity contribution in [2.75, 3.05) is 20.2 Å². The summed E-state index contributed by atoms with van der Waals surface area (Å²) in [4.78, 5) is 17.7. The Morgan fingerprint density at radius 1 is 1.39 bits per heavy atom. The van der Waals surface area contributed by atoms with Crippen LogP contribution in [-0.2, 0) is 6.54 Å². The molecule has 120 valence electrons. The normalized spacial score (nSPS) is 18.6.